The van der Waals surface area contributed by atoms with E-state index in [0.717, 1.165) is 11.6 Å². The first-order valence-electron chi connectivity index (χ1n) is 9.91. The summed E-state index contributed by atoms with van der Waals surface area (Å²) in [5, 5.41) is 11.0. The highest BCUT2D eigenvalue weighted by Gasteiger charge is 2.36. The first-order valence-corrected chi connectivity index (χ1v) is 9.91. The molecule has 3 heterocycles. The third-order valence-electron chi connectivity index (χ3n) is 6.06. The quantitative estimate of drug-likeness (QED) is 0.660. The van der Waals surface area contributed by atoms with Gasteiger partial charge in [-0.2, -0.15) is 0 Å². The zero-order valence-electron chi connectivity index (χ0n) is 16.8. The van der Waals surface area contributed by atoms with Crippen molar-refractivity contribution in [3.8, 4) is 5.75 Å². The lowest BCUT2D eigenvalue weighted by Crippen LogP contribution is -2.40. The van der Waals surface area contributed by atoms with Crippen molar-refractivity contribution in [3.63, 3.8) is 0 Å². The van der Waals surface area contributed by atoms with Gasteiger partial charge in [0.25, 0.3) is 0 Å². The summed E-state index contributed by atoms with van der Waals surface area (Å²) in [6.45, 7) is 0.991. The number of carboxylic acid groups (broad SMARTS) is 1. The summed E-state index contributed by atoms with van der Waals surface area (Å²) in [6, 6.07) is 10.7. The number of anilines is 1. The number of nitrogens with zero attached hydrogens (tertiary/aromatic N) is 3. The molecule has 5 rings (SSSR count). The Morgan fingerprint density at radius 1 is 1.26 bits per heavy atom. The lowest BCUT2D eigenvalue weighted by atomic mass is 9.95. The van der Waals surface area contributed by atoms with E-state index in [9.17, 15) is 14.7 Å². The Bertz CT molecular complexity index is 1260. The van der Waals surface area contributed by atoms with Crippen LogP contribution in [0.15, 0.2) is 47.4 Å². The van der Waals surface area contributed by atoms with Gasteiger partial charge in [-0.05, 0) is 11.6 Å². The molecule has 1 aromatic heterocycles. The molecule has 0 saturated carbocycles. The Balaban J connectivity index is 1.68. The van der Waals surface area contributed by atoms with Crippen LogP contribution >= 0.6 is 0 Å². The van der Waals surface area contributed by atoms with Gasteiger partial charge in [-0.3, -0.25) is 14.5 Å². The average Bonchev–Trinajstić information content (AvgIpc) is 3.13. The molecule has 0 amide bonds. The largest absolute Gasteiger partial charge is 0.477 e. The number of rotatable bonds is 3. The van der Waals surface area contributed by atoms with E-state index in [4.69, 9.17) is 10.5 Å². The van der Waals surface area contributed by atoms with Crippen molar-refractivity contribution >= 4 is 22.6 Å². The summed E-state index contributed by atoms with van der Waals surface area (Å²) in [6.07, 6.45) is 1.25. The van der Waals surface area contributed by atoms with Crippen LogP contribution in [0.3, 0.4) is 0 Å². The van der Waals surface area contributed by atoms with E-state index in [0.29, 0.717) is 18.6 Å². The summed E-state index contributed by atoms with van der Waals surface area (Å²) in [5.41, 5.74) is 6.90. The Morgan fingerprint density at radius 3 is 2.71 bits per heavy atom. The predicted octanol–water partition coefficient (Wildman–Crippen LogP) is 1.69. The van der Waals surface area contributed by atoms with E-state index in [1.807, 2.05) is 35.2 Å². The van der Waals surface area contributed by atoms with Crippen molar-refractivity contribution < 1.29 is 19.0 Å². The Hall–Kier alpha value is -3.59. The molecule has 0 unspecified atom stereocenters. The second-order valence-electron chi connectivity index (χ2n) is 7.97. The molecule has 2 atom stereocenters. The number of ether oxygens (including phenoxy) is 1. The zero-order chi connectivity index (χ0) is 21.9. The average molecular weight is 424 g/mol. The molecule has 0 radical (unpaired) electrons. The van der Waals surface area contributed by atoms with Crippen molar-refractivity contribution in [2.75, 3.05) is 36.8 Å². The van der Waals surface area contributed by atoms with Crippen molar-refractivity contribution in [2.24, 2.45) is 5.73 Å². The van der Waals surface area contributed by atoms with Crippen molar-refractivity contribution in [1.29, 1.82) is 0 Å². The molecule has 8 nitrogen and oxygen atoms in total. The van der Waals surface area contributed by atoms with Crippen molar-refractivity contribution in [2.45, 2.75) is 12.0 Å². The third kappa shape index (κ3) is 2.92. The number of pyridine rings is 1. The Kier molecular flexibility index (Phi) is 4.37. The van der Waals surface area contributed by atoms with Gasteiger partial charge in [-0.25, -0.2) is 9.18 Å². The molecule has 31 heavy (non-hydrogen) atoms. The molecule has 160 valence electrons. The number of benzene rings is 2. The second kappa shape index (κ2) is 6.98. The minimum absolute atomic E-state index is 0.0198. The fraction of sp³-hybridized carbons (Fsp3) is 0.273. The van der Waals surface area contributed by atoms with Gasteiger partial charge in [0.05, 0.1) is 5.39 Å². The van der Waals surface area contributed by atoms with Gasteiger partial charge in [0.15, 0.2) is 18.3 Å². The van der Waals surface area contributed by atoms with E-state index in [1.165, 1.54) is 10.9 Å². The van der Waals surface area contributed by atoms with Crippen LogP contribution in [-0.4, -0.2) is 48.7 Å². The lowest BCUT2D eigenvalue weighted by Gasteiger charge is -2.33. The zero-order valence-corrected chi connectivity index (χ0v) is 16.8. The molecular formula is C22H21FN4O4. The minimum Gasteiger partial charge on any atom is -0.477 e. The maximum atomic E-state index is 15.4. The summed E-state index contributed by atoms with van der Waals surface area (Å²) >= 11 is 0. The smallest absolute Gasteiger partial charge is 0.341 e. The van der Waals surface area contributed by atoms with Gasteiger partial charge in [-0.15, -0.1) is 0 Å². The van der Waals surface area contributed by atoms with E-state index in [2.05, 4.69) is 0 Å². The lowest BCUT2D eigenvalue weighted by molar-refractivity contribution is 0.0694. The van der Waals surface area contributed by atoms with Crippen LogP contribution < -0.4 is 25.8 Å². The molecule has 1 fully saturated rings. The minimum atomic E-state index is -1.36. The van der Waals surface area contributed by atoms with E-state index in [-0.39, 0.29) is 35.5 Å². The first kappa shape index (κ1) is 19.4. The van der Waals surface area contributed by atoms with Gasteiger partial charge in [0.2, 0.25) is 5.43 Å². The molecule has 2 aromatic carbocycles. The molecule has 0 bridgehead atoms. The van der Waals surface area contributed by atoms with Crippen LogP contribution in [0.1, 0.15) is 21.8 Å². The molecule has 3 N–H and O–H groups in total. The van der Waals surface area contributed by atoms with Crippen LogP contribution in [0.4, 0.5) is 10.1 Å². The summed E-state index contributed by atoms with van der Waals surface area (Å²) in [7, 11) is 1.69. The van der Waals surface area contributed by atoms with Crippen LogP contribution in [0, 0.1) is 5.82 Å². The highest BCUT2D eigenvalue weighted by atomic mass is 19.1. The van der Waals surface area contributed by atoms with E-state index < -0.39 is 22.8 Å². The molecule has 2 aliphatic heterocycles. The SMILES string of the molecule is CN1COc2c(N3C[C@H](c4ccccc4)[C@@H](N)C3)c(F)cc3c(=O)c(C(=O)O)cn1c23. The topological polar surface area (TPSA) is 101 Å². The Labute approximate surface area is 176 Å². The second-order valence-corrected chi connectivity index (χ2v) is 7.97. The van der Waals surface area contributed by atoms with Gasteiger partial charge >= 0.3 is 5.97 Å². The highest BCUT2D eigenvalue weighted by molar-refractivity contribution is 5.97. The number of aromatic nitrogens is 1. The predicted molar refractivity (Wildman–Crippen MR) is 114 cm³/mol. The normalized spacial score (nSPS) is 20.2. The van der Waals surface area contributed by atoms with Gasteiger partial charge in [0, 0.05) is 38.3 Å². The maximum absolute atomic E-state index is 15.4. The molecule has 2 aliphatic rings. The van der Waals surface area contributed by atoms with Gasteiger partial charge in [0.1, 0.15) is 16.8 Å². The van der Waals surface area contributed by atoms with Gasteiger partial charge in [-0.1, -0.05) is 30.3 Å². The molecule has 3 aromatic rings. The number of carbonyl (C=O) groups is 1. The first-order chi connectivity index (χ1) is 14.9. The van der Waals surface area contributed by atoms with E-state index in [1.54, 1.807) is 12.1 Å². The third-order valence-corrected chi connectivity index (χ3v) is 6.06. The van der Waals surface area contributed by atoms with Crippen LogP contribution in [0.2, 0.25) is 0 Å². The number of carboxylic acids is 1. The van der Waals surface area contributed by atoms with Crippen molar-refractivity contribution in [3.05, 3.63) is 69.8 Å². The van der Waals surface area contributed by atoms with Crippen LogP contribution in [-0.2, 0) is 0 Å². The fourth-order valence-corrected chi connectivity index (χ4v) is 4.54. The van der Waals surface area contributed by atoms with Crippen LogP contribution in [0.5, 0.6) is 5.75 Å². The Morgan fingerprint density at radius 2 is 2.00 bits per heavy atom. The summed E-state index contributed by atoms with van der Waals surface area (Å²) in [4.78, 5) is 26.1. The van der Waals surface area contributed by atoms with Crippen LogP contribution in [0.25, 0.3) is 10.9 Å². The van der Waals surface area contributed by atoms with E-state index >= 15 is 4.39 Å². The summed E-state index contributed by atoms with van der Waals surface area (Å²) in [5.74, 6) is -1.76. The highest BCUT2D eigenvalue weighted by Crippen LogP contribution is 2.42. The molecule has 1 saturated heterocycles. The van der Waals surface area contributed by atoms with Crippen molar-refractivity contribution in [1.82, 2.24) is 4.68 Å². The number of halogens is 1. The molecule has 9 heteroatoms. The molecule has 0 spiro atoms. The monoisotopic (exact) mass is 424 g/mol. The summed E-state index contributed by atoms with van der Waals surface area (Å²) < 4.78 is 22.8. The number of hydrogen-bond acceptors (Lipinski definition) is 6. The standard InChI is InChI=1S/C22H21FN4O4/c1-25-11-31-21-18-13(20(28)15(22(29)30)9-27(18)25)7-16(23)19(21)26-8-14(17(24)10-26)12-5-3-2-4-6-12/h2-7,9,14,17H,8,10-11,24H2,1H3,(H,29,30)/t14-,17+/m1/s1. The molecular weight excluding hydrogens is 403 g/mol. The maximum Gasteiger partial charge on any atom is 0.341 e. The number of nitrogens with two attached hydrogens (primary N) is 1. The van der Waals surface area contributed by atoms with Gasteiger partial charge < -0.3 is 20.5 Å². The molecule has 0 aliphatic carbocycles. The number of hydrogen-bond donors (Lipinski definition) is 2. The number of aromatic carboxylic acids is 1. The fourth-order valence-electron chi connectivity index (χ4n) is 4.54.